The van der Waals surface area contributed by atoms with E-state index in [0.29, 0.717) is 0 Å². The maximum Gasteiger partial charge on any atom is 0.150 e. The van der Waals surface area contributed by atoms with Gasteiger partial charge in [0, 0.05) is 38.9 Å². The Hall–Kier alpha value is -1.27. The lowest BCUT2D eigenvalue weighted by molar-refractivity contribution is 0.0341. The maximum absolute atomic E-state index is 10.9. The molecule has 1 saturated heterocycles. The number of likely N-dealkylation sites (N-methyl/N-ethyl adjacent to an activating group) is 1. The highest BCUT2D eigenvalue weighted by molar-refractivity contribution is 5.77. The first kappa shape index (κ1) is 19.8. The Morgan fingerprint density at radius 1 is 1.26 bits per heavy atom. The van der Waals surface area contributed by atoms with Gasteiger partial charge in [-0.1, -0.05) is 6.07 Å². The zero-order valence-electron chi connectivity index (χ0n) is 14.9. The lowest BCUT2D eigenvalue weighted by Gasteiger charge is -2.27. The van der Waals surface area contributed by atoms with Gasteiger partial charge < -0.3 is 14.8 Å². The fourth-order valence-corrected chi connectivity index (χ4v) is 2.42. The van der Waals surface area contributed by atoms with E-state index >= 15 is 0 Å². The summed E-state index contributed by atoms with van der Waals surface area (Å²) in [6.07, 6.45) is 0.942. The summed E-state index contributed by atoms with van der Waals surface area (Å²) in [4.78, 5) is 13.3. The summed E-state index contributed by atoms with van der Waals surface area (Å²) >= 11 is 0. The first-order valence-electron chi connectivity index (χ1n) is 8.11. The number of aldehydes is 1. The molecule has 5 heteroatoms. The molecule has 0 saturated carbocycles. The van der Waals surface area contributed by atoms with Crippen molar-refractivity contribution in [2.75, 3.05) is 53.6 Å². The number of nitrogens with one attached hydrogen (secondary N) is 1. The molecule has 0 atom stereocenters. The summed E-state index contributed by atoms with van der Waals surface area (Å²) in [5.74, 6) is 0. The molecule has 1 N–H and O–H groups in total. The molecule has 0 spiro atoms. The van der Waals surface area contributed by atoms with Gasteiger partial charge in [-0.15, -0.1) is 0 Å². The van der Waals surface area contributed by atoms with Crippen LogP contribution in [0.25, 0.3) is 0 Å². The van der Waals surface area contributed by atoms with E-state index in [-0.39, 0.29) is 0 Å². The van der Waals surface area contributed by atoms with Crippen molar-refractivity contribution in [2.45, 2.75) is 20.4 Å². The quantitative estimate of drug-likeness (QED) is 0.639. The molecule has 1 aliphatic heterocycles. The topological polar surface area (TPSA) is 50.8 Å². The maximum atomic E-state index is 10.9. The van der Waals surface area contributed by atoms with Crippen molar-refractivity contribution in [1.82, 2.24) is 10.2 Å². The number of carbonyl (C=O) groups excluding carboxylic acids is 1. The van der Waals surface area contributed by atoms with Crippen LogP contribution in [0, 0.1) is 13.8 Å². The van der Waals surface area contributed by atoms with Crippen LogP contribution in [-0.2, 0) is 16.0 Å². The van der Waals surface area contributed by atoms with Gasteiger partial charge in [0.25, 0.3) is 0 Å². The van der Waals surface area contributed by atoms with Crippen molar-refractivity contribution in [3.05, 3.63) is 34.4 Å². The van der Waals surface area contributed by atoms with Crippen molar-refractivity contribution >= 4 is 6.29 Å². The average Bonchev–Trinajstić information content (AvgIpc) is 2.57. The molecule has 0 unspecified atom stereocenters. The van der Waals surface area contributed by atoms with Crippen LogP contribution in [0.1, 0.15) is 27.0 Å². The van der Waals surface area contributed by atoms with E-state index in [2.05, 4.69) is 23.2 Å². The van der Waals surface area contributed by atoms with Gasteiger partial charge in [-0.3, -0.25) is 9.69 Å². The van der Waals surface area contributed by atoms with Crippen molar-refractivity contribution < 1.29 is 14.3 Å². The summed E-state index contributed by atoms with van der Waals surface area (Å²) in [5, 5.41) is 2.94. The lowest BCUT2D eigenvalue weighted by atomic mass is 10.00. The minimum atomic E-state index is 0.802. The Balaban J connectivity index is 0.000000379. The minimum Gasteiger partial charge on any atom is -0.383 e. The molecule has 0 bridgehead atoms. The van der Waals surface area contributed by atoms with Gasteiger partial charge in [0.05, 0.1) is 19.8 Å². The molecule has 2 rings (SSSR count). The SMILES string of the molecule is CNCCOC.Cc1cc(C)c(CN2CCOCC2)cc1C=O. The number of morpholine rings is 1. The van der Waals surface area contributed by atoms with E-state index < -0.39 is 0 Å². The predicted molar refractivity (Wildman–Crippen MR) is 93.2 cm³/mol. The second-order valence-corrected chi connectivity index (χ2v) is 5.74. The molecule has 0 radical (unpaired) electrons. The number of nitrogens with zero attached hydrogens (tertiary/aromatic N) is 1. The van der Waals surface area contributed by atoms with Crippen LogP contribution in [0.2, 0.25) is 0 Å². The molecule has 1 aromatic carbocycles. The van der Waals surface area contributed by atoms with Crippen LogP contribution >= 0.6 is 0 Å². The average molecular weight is 322 g/mol. The van der Waals surface area contributed by atoms with E-state index in [4.69, 9.17) is 9.47 Å². The van der Waals surface area contributed by atoms with Crippen LogP contribution in [0.3, 0.4) is 0 Å². The molecule has 0 aromatic heterocycles. The molecular weight excluding hydrogens is 292 g/mol. The van der Waals surface area contributed by atoms with E-state index in [1.807, 2.05) is 20.0 Å². The largest absolute Gasteiger partial charge is 0.383 e. The molecule has 0 amide bonds. The third-order valence-corrected chi connectivity index (χ3v) is 3.91. The van der Waals surface area contributed by atoms with Crippen molar-refractivity contribution in [1.29, 1.82) is 0 Å². The number of hydrogen-bond donors (Lipinski definition) is 1. The van der Waals surface area contributed by atoms with Gasteiger partial charge in [0.2, 0.25) is 0 Å². The predicted octanol–water partition coefficient (Wildman–Crippen LogP) is 1.80. The minimum absolute atomic E-state index is 0.802. The van der Waals surface area contributed by atoms with Crippen molar-refractivity contribution in [2.24, 2.45) is 0 Å². The molecule has 1 fully saturated rings. The first-order valence-corrected chi connectivity index (χ1v) is 8.11. The molecule has 1 aromatic rings. The number of hydrogen-bond acceptors (Lipinski definition) is 5. The van der Waals surface area contributed by atoms with Crippen LogP contribution in [0.5, 0.6) is 0 Å². The third kappa shape index (κ3) is 7.22. The van der Waals surface area contributed by atoms with Crippen LogP contribution in [0.15, 0.2) is 12.1 Å². The normalized spacial score (nSPS) is 15.0. The number of rotatable bonds is 6. The summed E-state index contributed by atoms with van der Waals surface area (Å²) in [6, 6.07) is 4.12. The smallest absolute Gasteiger partial charge is 0.150 e. The fourth-order valence-electron chi connectivity index (χ4n) is 2.42. The van der Waals surface area contributed by atoms with Gasteiger partial charge in [-0.2, -0.15) is 0 Å². The summed E-state index contributed by atoms with van der Waals surface area (Å²) < 4.78 is 10.1. The molecule has 5 nitrogen and oxygen atoms in total. The highest BCUT2D eigenvalue weighted by atomic mass is 16.5. The van der Waals surface area contributed by atoms with Crippen LogP contribution in [0.4, 0.5) is 0 Å². The molecule has 0 aliphatic carbocycles. The number of benzene rings is 1. The second kappa shape index (κ2) is 11.3. The van der Waals surface area contributed by atoms with E-state index in [1.165, 1.54) is 11.1 Å². The molecule has 1 aliphatic rings. The van der Waals surface area contributed by atoms with E-state index in [9.17, 15) is 4.79 Å². The number of ether oxygens (including phenoxy) is 2. The number of carbonyl (C=O) groups is 1. The van der Waals surface area contributed by atoms with Crippen molar-refractivity contribution in [3.8, 4) is 0 Å². The Labute approximate surface area is 140 Å². The van der Waals surface area contributed by atoms with Gasteiger partial charge in [0.15, 0.2) is 0 Å². The fraction of sp³-hybridized carbons (Fsp3) is 0.611. The highest BCUT2D eigenvalue weighted by Crippen LogP contribution is 2.17. The lowest BCUT2D eigenvalue weighted by Crippen LogP contribution is -2.35. The van der Waals surface area contributed by atoms with E-state index in [1.54, 1.807) is 7.11 Å². The molecule has 23 heavy (non-hydrogen) atoms. The third-order valence-electron chi connectivity index (χ3n) is 3.91. The Kier molecular flexibility index (Phi) is 9.71. The standard InChI is InChI=1S/C14H19NO2.C4H11NO/c1-11-7-12(2)14(10-16)8-13(11)9-15-3-5-17-6-4-15;1-5-3-4-6-2/h7-8,10H,3-6,9H2,1-2H3;5H,3-4H2,1-2H3. The monoisotopic (exact) mass is 322 g/mol. The number of aryl methyl sites for hydroxylation is 2. The van der Waals surface area contributed by atoms with Gasteiger partial charge in [-0.05, 0) is 43.7 Å². The second-order valence-electron chi connectivity index (χ2n) is 5.74. The Bertz CT molecular complexity index is 468. The van der Waals surface area contributed by atoms with Crippen LogP contribution in [-0.4, -0.2) is 64.8 Å². The van der Waals surface area contributed by atoms with Crippen LogP contribution < -0.4 is 5.32 Å². The van der Waals surface area contributed by atoms with Gasteiger partial charge >= 0.3 is 0 Å². The molecule has 1 heterocycles. The molecular formula is C18H30N2O3. The summed E-state index contributed by atoms with van der Waals surface area (Å²) in [5.41, 5.74) is 4.38. The zero-order valence-corrected chi connectivity index (χ0v) is 14.9. The summed E-state index contributed by atoms with van der Waals surface area (Å²) in [7, 11) is 3.59. The Morgan fingerprint density at radius 3 is 2.48 bits per heavy atom. The highest BCUT2D eigenvalue weighted by Gasteiger charge is 2.12. The first-order chi connectivity index (χ1) is 11.1. The van der Waals surface area contributed by atoms with Gasteiger partial charge in [0.1, 0.15) is 6.29 Å². The number of methoxy groups -OCH3 is 1. The van der Waals surface area contributed by atoms with Crippen molar-refractivity contribution in [3.63, 3.8) is 0 Å². The Morgan fingerprint density at radius 2 is 1.96 bits per heavy atom. The molecule has 130 valence electrons. The summed E-state index contributed by atoms with van der Waals surface area (Å²) in [6.45, 7) is 10.3. The van der Waals surface area contributed by atoms with Gasteiger partial charge in [-0.25, -0.2) is 0 Å². The zero-order chi connectivity index (χ0) is 17.1. The van der Waals surface area contributed by atoms with E-state index in [0.717, 1.165) is 63.4 Å².